The molecule has 0 saturated carbocycles. The number of hydrogen-bond acceptors (Lipinski definition) is 1. The smallest absolute Gasteiger partial charge is 0.352 e. The minimum Gasteiger partial charge on any atom is -0.352 e. The lowest BCUT2D eigenvalue weighted by atomic mass is 10.2. The summed E-state index contributed by atoms with van der Waals surface area (Å²) in [5.74, 6) is -0.421. The van der Waals surface area contributed by atoms with Gasteiger partial charge in [0.05, 0.1) is 5.02 Å². The van der Waals surface area contributed by atoms with Gasteiger partial charge in [0.2, 0.25) is 0 Å². The molecule has 7 heteroatoms. The van der Waals surface area contributed by atoms with E-state index in [1.54, 1.807) is 12.1 Å². The summed E-state index contributed by atoms with van der Waals surface area (Å²) in [6, 6.07) is 4.74. The lowest BCUT2D eigenvalue weighted by Gasteiger charge is -2.08. The molecule has 0 aromatic heterocycles. The predicted molar refractivity (Wildman–Crippen MR) is 71.8 cm³/mol. The highest BCUT2D eigenvalue weighted by atomic mass is 127. The molecular formula is C11H10ClF3INO. The Kier molecular flexibility index (Phi) is 5.71. The molecule has 0 unspecified atom stereocenters. The predicted octanol–water partition coefficient (Wildman–Crippen LogP) is 4.02. The van der Waals surface area contributed by atoms with Crippen LogP contribution in [-0.2, 0) is 0 Å². The molecule has 1 aromatic carbocycles. The summed E-state index contributed by atoms with van der Waals surface area (Å²) >= 11 is 7.86. The van der Waals surface area contributed by atoms with Crippen LogP contribution >= 0.6 is 34.2 Å². The third kappa shape index (κ3) is 5.43. The third-order valence-electron chi connectivity index (χ3n) is 2.10. The Hall–Kier alpha value is -0.500. The lowest BCUT2D eigenvalue weighted by Crippen LogP contribution is -2.25. The fraction of sp³-hybridized carbons (Fsp3) is 0.364. The van der Waals surface area contributed by atoms with Gasteiger partial charge in [-0.2, -0.15) is 13.2 Å². The van der Waals surface area contributed by atoms with E-state index in [1.165, 1.54) is 6.07 Å². The first kappa shape index (κ1) is 15.6. The maximum absolute atomic E-state index is 11.9. The molecule has 0 radical (unpaired) electrons. The summed E-state index contributed by atoms with van der Waals surface area (Å²) < 4.78 is 36.4. The molecule has 100 valence electrons. The zero-order valence-electron chi connectivity index (χ0n) is 9.15. The molecule has 1 N–H and O–H groups in total. The Bertz CT molecular complexity index is 437. The first-order valence-corrected chi connectivity index (χ1v) is 6.55. The van der Waals surface area contributed by atoms with Crippen molar-refractivity contribution in [1.82, 2.24) is 5.32 Å². The fourth-order valence-electron chi connectivity index (χ4n) is 1.23. The molecule has 0 aliphatic rings. The highest BCUT2D eigenvalue weighted by molar-refractivity contribution is 14.1. The van der Waals surface area contributed by atoms with E-state index in [-0.39, 0.29) is 13.0 Å². The van der Waals surface area contributed by atoms with Crippen molar-refractivity contribution in [3.63, 3.8) is 0 Å². The van der Waals surface area contributed by atoms with Crippen molar-refractivity contribution < 1.29 is 18.0 Å². The van der Waals surface area contributed by atoms with Crippen LogP contribution in [0.5, 0.6) is 0 Å². The van der Waals surface area contributed by atoms with Crippen LogP contribution in [0.25, 0.3) is 0 Å². The van der Waals surface area contributed by atoms with Crippen LogP contribution in [0.2, 0.25) is 5.02 Å². The molecular weight excluding hydrogens is 381 g/mol. The van der Waals surface area contributed by atoms with Crippen LogP contribution in [0.3, 0.4) is 0 Å². The second-order valence-electron chi connectivity index (χ2n) is 3.60. The summed E-state index contributed by atoms with van der Waals surface area (Å²) in [6.45, 7) is -0.0120. The van der Waals surface area contributed by atoms with Gasteiger partial charge in [0.1, 0.15) is 0 Å². The van der Waals surface area contributed by atoms with E-state index in [9.17, 15) is 18.0 Å². The van der Waals surface area contributed by atoms with Gasteiger partial charge in [-0.05, 0) is 47.2 Å². The maximum Gasteiger partial charge on any atom is 0.389 e. The Morgan fingerprint density at radius 3 is 2.61 bits per heavy atom. The molecule has 2 nitrogen and oxygen atoms in total. The van der Waals surface area contributed by atoms with E-state index in [0.717, 1.165) is 3.57 Å². The summed E-state index contributed by atoms with van der Waals surface area (Å²) in [4.78, 5) is 11.6. The van der Waals surface area contributed by atoms with Crippen molar-refractivity contribution in [2.75, 3.05) is 6.54 Å². The second kappa shape index (κ2) is 6.60. The van der Waals surface area contributed by atoms with E-state index >= 15 is 0 Å². The Morgan fingerprint density at radius 1 is 1.39 bits per heavy atom. The van der Waals surface area contributed by atoms with Crippen molar-refractivity contribution in [2.24, 2.45) is 0 Å². The third-order valence-corrected chi connectivity index (χ3v) is 3.68. The fourth-order valence-corrected chi connectivity index (χ4v) is 1.75. The summed E-state index contributed by atoms with van der Waals surface area (Å²) in [6.07, 6.45) is -5.22. The van der Waals surface area contributed by atoms with Gasteiger partial charge in [0.15, 0.2) is 0 Å². The van der Waals surface area contributed by atoms with Gasteiger partial charge in [-0.25, -0.2) is 0 Å². The normalized spacial score (nSPS) is 11.4. The van der Waals surface area contributed by atoms with E-state index in [0.29, 0.717) is 10.6 Å². The number of amides is 1. The van der Waals surface area contributed by atoms with Crippen molar-refractivity contribution in [2.45, 2.75) is 19.0 Å². The molecule has 0 saturated heterocycles. The van der Waals surface area contributed by atoms with Crippen molar-refractivity contribution in [3.8, 4) is 0 Å². The minimum absolute atomic E-state index is 0.0120. The maximum atomic E-state index is 11.9. The van der Waals surface area contributed by atoms with E-state index < -0.39 is 18.5 Å². The minimum atomic E-state index is -4.18. The van der Waals surface area contributed by atoms with Crippen LogP contribution in [0.15, 0.2) is 18.2 Å². The van der Waals surface area contributed by atoms with Gasteiger partial charge in [0.25, 0.3) is 5.91 Å². The van der Waals surface area contributed by atoms with Crippen LogP contribution in [0.4, 0.5) is 13.2 Å². The summed E-state index contributed by atoms with van der Waals surface area (Å²) in [5.41, 5.74) is 0.340. The number of alkyl halides is 3. The first-order valence-electron chi connectivity index (χ1n) is 5.09. The van der Waals surface area contributed by atoms with Crippen molar-refractivity contribution in [1.29, 1.82) is 0 Å². The second-order valence-corrected chi connectivity index (χ2v) is 5.17. The molecule has 0 atom stereocenters. The quantitative estimate of drug-likeness (QED) is 0.610. The lowest BCUT2D eigenvalue weighted by molar-refractivity contribution is -0.135. The molecule has 0 aliphatic carbocycles. The van der Waals surface area contributed by atoms with Gasteiger partial charge in [-0.1, -0.05) is 11.6 Å². The van der Waals surface area contributed by atoms with Crippen LogP contribution in [0, 0.1) is 3.57 Å². The zero-order chi connectivity index (χ0) is 13.8. The Morgan fingerprint density at radius 2 is 2.06 bits per heavy atom. The molecule has 18 heavy (non-hydrogen) atoms. The molecule has 1 aromatic rings. The SMILES string of the molecule is O=C(NCCCC(F)(F)F)c1ccc(I)c(Cl)c1. The molecule has 0 spiro atoms. The van der Waals surface area contributed by atoms with Crippen LogP contribution in [0.1, 0.15) is 23.2 Å². The number of nitrogens with one attached hydrogen (secondary N) is 1. The molecule has 0 heterocycles. The number of carbonyl (C=O) groups excluding carboxylic acids is 1. The number of carbonyl (C=O) groups is 1. The summed E-state index contributed by atoms with van der Waals surface area (Å²) in [7, 11) is 0. The number of halogens is 5. The van der Waals surface area contributed by atoms with Crippen LogP contribution < -0.4 is 5.32 Å². The van der Waals surface area contributed by atoms with E-state index in [1.807, 2.05) is 22.6 Å². The molecule has 0 aliphatic heterocycles. The molecule has 0 fully saturated rings. The van der Waals surface area contributed by atoms with E-state index in [2.05, 4.69) is 5.32 Å². The Balaban J connectivity index is 2.43. The number of rotatable bonds is 4. The molecule has 0 bridgehead atoms. The zero-order valence-corrected chi connectivity index (χ0v) is 12.1. The average molecular weight is 392 g/mol. The molecule has 1 amide bonds. The number of hydrogen-bond donors (Lipinski definition) is 1. The van der Waals surface area contributed by atoms with Gasteiger partial charge >= 0.3 is 6.18 Å². The largest absolute Gasteiger partial charge is 0.389 e. The standard InChI is InChI=1S/C11H10ClF3INO/c12-8-6-7(2-3-9(8)16)10(18)17-5-1-4-11(13,14)15/h2-3,6H,1,4-5H2,(H,17,18). The average Bonchev–Trinajstić information content (AvgIpc) is 2.26. The Labute approximate surface area is 121 Å². The van der Waals surface area contributed by atoms with Gasteiger partial charge in [-0.15, -0.1) is 0 Å². The van der Waals surface area contributed by atoms with Gasteiger partial charge in [0, 0.05) is 22.1 Å². The van der Waals surface area contributed by atoms with Crippen molar-refractivity contribution >= 4 is 40.1 Å². The van der Waals surface area contributed by atoms with Gasteiger partial charge < -0.3 is 5.32 Å². The number of benzene rings is 1. The summed E-state index contributed by atoms with van der Waals surface area (Å²) in [5, 5.41) is 2.86. The molecule has 1 rings (SSSR count). The van der Waals surface area contributed by atoms with E-state index in [4.69, 9.17) is 11.6 Å². The highest BCUT2D eigenvalue weighted by Gasteiger charge is 2.25. The van der Waals surface area contributed by atoms with Gasteiger partial charge in [-0.3, -0.25) is 4.79 Å². The van der Waals surface area contributed by atoms with Crippen LogP contribution in [-0.4, -0.2) is 18.6 Å². The highest BCUT2D eigenvalue weighted by Crippen LogP contribution is 2.21. The monoisotopic (exact) mass is 391 g/mol. The topological polar surface area (TPSA) is 29.1 Å². The first-order chi connectivity index (χ1) is 8.29. The van der Waals surface area contributed by atoms with Crippen molar-refractivity contribution in [3.05, 3.63) is 32.4 Å².